The summed E-state index contributed by atoms with van der Waals surface area (Å²) in [6.07, 6.45) is 0.935. The lowest BCUT2D eigenvalue weighted by Crippen LogP contribution is -2.13. The molecule has 0 fully saturated rings. The summed E-state index contributed by atoms with van der Waals surface area (Å²) >= 11 is 1.37. The lowest BCUT2D eigenvalue weighted by Gasteiger charge is -2.13. The van der Waals surface area contributed by atoms with Gasteiger partial charge in [0.15, 0.2) is 11.5 Å². The fourth-order valence-electron chi connectivity index (χ4n) is 2.81. The molecule has 0 saturated carbocycles. The number of methoxy groups -OCH3 is 1. The highest BCUT2D eigenvalue weighted by Crippen LogP contribution is 2.29. The highest BCUT2D eigenvalue weighted by Gasteiger charge is 2.13. The molecule has 0 bridgehead atoms. The van der Waals surface area contributed by atoms with Crippen LogP contribution in [0.5, 0.6) is 11.5 Å². The van der Waals surface area contributed by atoms with E-state index in [-0.39, 0.29) is 11.8 Å². The molecule has 0 atom stereocenters. The smallest absolute Gasteiger partial charge is 0.265 e. The zero-order chi connectivity index (χ0) is 22.2. The number of hydrogen-bond donors (Lipinski definition) is 2. The van der Waals surface area contributed by atoms with Crippen LogP contribution in [-0.2, 0) is 0 Å². The van der Waals surface area contributed by atoms with Gasteiger partial charge in [-0.25, -0.2) is 0 Å². The molecule has 7 heteroatoms. The van der Waals surface area contributed by atoms with Gasteiger partial charge in [0.2, 0.25) is 0 Å². The van der Waals surface area contributed by atoms with Gasteiger partial charge in [-0.2, -0.15) is 0 Å². The van der Waals surface area contributed by atoms with Crippen molar-refractivity contribution in [3.05, 3.63) is 70.4 Å². The van der Waals surface area contributed by atoms with E-state index < -0.39 is 0 Å². The SMILES string of the molecule is COc1cc(C(=O)Nc2cccc(NC(=O)c3cccs3)c2)ccc1OCCC(C)C. The number of hydrogen-bond acceptors (Lipinski definition) is 5. The van der Waals surface area contributed by atoms with E-state index in [2.05, 4.69) is 24.5 Å². The Kier molecular flexibility index (Phi) is 7.67. The van der Waals surface area contributed by atoms with E-state index >= 15 is 0 Å². The van der Waals surface area contributed by atoms with Crippen molar-refractivity contribution < 1.29 is 19.1 Å². The molecule has 3 aromatic rings. The molecule has 0 unspecified atom stereocenters. The van der Waals surface area contributed by atoms with Crippen molar-refractivity contribution in [3.8, 4) is 11.5 Å². The van der Waals surface area contributed by atoms with E-state index in [1.54, 1.807) is 55.6 Å². The summed E-state index contributed by atoms with van der Waals surface area (Å²) in [5, 5.41) is 7.53. The summed E-state index contributed by atoms with van der Waals surface area (Å²) in [4.78, 5) is 25.6. The van der Waals surface area contributed by atoms with Crippen LogP contribution in [0.1, 0.15) is 40.3 Å². The first-order chi connectivity index (χ1) is 15.0. The summed E-state index contributed by atoms with van der Waals surface area (Å²) in [7, 11) is 1.55. The minimum Gasteiger partial charge on any atom is -0.493 e. The summed E-state index contributed by atoms with van der Waals surface area (Å²) in [5.41, 5.74) is 1.62. The van der Waals surface area contributed by atoms with Crippen LogP contribution in [0.25, 0.3) is 0 Å². The fourth-order valence-corrected chi connectivity index (χ4v) is 3.43. The number of nitrogens with one attached hydrogen (secondary N) is 2. The van der Waals surface area contributed by atoms with E-state index in [4.69, 9.17) is 9.47 Å². The fraction of sp³-hybridized carbons (Fsp3) is 0.250. The highest BCUT2D eigenvalue weighted by atomic mass is 32.1. The van der Waals surface area contributed by atoms with E-state index in [1.807, 2.05) is 11.4 Å². The first-order valence-corrected chi connectivity index (χ1v) is 10.9. The Hall–Kier alpha value is -3.32. The molecule has 2 N–H and O–H groups in total. The Morgan fingerprint density at radius 1 is 0.935 bits per heavy atom. The minimum atomic E-state index is -0.284. The molecule has 0 aliphatic rings. The third-order valence-electron chi connectivity index (χ3n) is 4.50. The molecule has 0 aliphatic carbocycles. The van der Waals surface area contributed by atoms with Gasteiger partial charge in [-0.3, -0.25) is 9.59 Å². The molecular weight excluding hydrogens is 412 g/mol. The minimum absolute atomic E-state index is 0.184. The lowest BCUT2D eigenvalue weighted by molar-refractivity contribution is 0.102. The Balaban J connectivity index is 1.66. The Bertz CT molecular complexity index is 1030. The Morgan fingerprint density at radius 2 is 1.68 bits per heavy atom. The first-order valence-electron chi connectivity index (χ1n) is 10.0. The van der Waals surface area contributed by atoms with Crippen LogP contribution >= 0.6 is 11.3 Å². The molecule has 3 rings (SSSR count). The number of amides is 2. The largest absolute Gasteiger partial charge is 0.493 e. The van der Waals surface area contributed by atoms with E-state index in [0.717, 1.165) is 6.42 Å². The lowest BCUT2D eigenvalue weighted by atomic mass is 10.1. The second-order valence-corrected chi connectivity index (χ2v) is 8.31. The average Bonchev–Trinajstić information content (AvgIpc) is 3.29. The average molecular weight is 439 g/mol. The molecule has 1 aromatic heterocycles. The molecule has 0 radical (unpaired) electrons. The molecule has 6 nitrogen and oxygen atoms in total. The van der Waals surface area contributed by atoms with Crippen LogP contribution in [0, 0.1) is 5.92 Å². The predicted octanol–water partition coefficient (Wildman–Crippen LogP) is 5.69. The number of anilines is 2. The zero-order valence-electron chi connectivity index (χ0n) is 17.8. The summed E-state index contributed by atoms with van der Waals surface area (Å²) in [6.45, 7) is 4.86. The number of carbonyl (C=O) groups is 2. The number of thiophene rings is 1. The van der Waals surface area contributed by atoms with Gasteiger partial charge in [-0.05, 0) is 60.2 Å². The van der Waals surface area contributed by atoms with Crippen molar-refractivity contribution in [3.63, 3.8) is 0 Å². The van der Waals surface area contributed by atoms with Gasteiger partial charge in [0.25, 0.3) is 11.8 Å². The van der Waals surface area contributed by atoms with Crippen molar-refractivity contribution in [1.29, 1.82) is 0 Å². The van der Waals surface area contributed by atoms with Gasteiger partial charge in [0.05, 0.1) is 18.6 Å². The molecule has 162 valence electrons. The van der Waals surface area contributed by atoms with Gasteiger partial charge in [0, 0.05) is 16.9 Å². The monoisotopic (exact) mass is 438 g/mol. The topological polar surface area (TPSA) is 76.7 Å². The molecule has 0 spiro atoms. The van der Waals surface area contributed by atoms with E-state index in [9.17, 15) is 9.59 Å². The van der Waals surface area contributed by atoms with E-state index in [0.29, 0.717) is 45.8 Å². The van der Waals surface area contributed by atoms with Crippen LogP contribution in [-0.4, -0.2) is 25.5 Å². The van der Waals surface area contributed by atoms with Gasteiger partial charge in [-0.1, -0.05) is 26.0 Å². The maximum Gasteiger partial charge on any atom is 0.265 e. The van der Waals surface area contributed by atoms with Crippen molar-refractivity contribution in [2.24, 2.45) is 5.92 Å². The van der Waals surface area contributed by atoms with Crippen molar-refractivity contribution in [1.82, 2.24) is 0 Å². The third kappa shape index (κ3) is 6.33. The van der Waals surface area contributed by atoms with Crippen LogP contribution in [0.2, 0.25) is 0 Å². The van der Waals surface area contributed by atoms with Gasteiger partial charge in [-0.15, -0.1) is 11.3 Å². The summed E-state index contributed by atoms with van der Waals surface area (Å²) in [5.74, 6) is 1.19. The molecule has 31 heavy (non-hydrogen) atoms. The first kappa shape index (κ1) is 22.4. The Labute approximate surface area is 186 Å². The number of ether oxygens (including phenoxy) is 2. The van der Waals surface area contributed by atoms with Crippen molar-refractivity contribution >= 4 is 34.5 Å². The quantitative estimate of drug-likeness (QED) is 0.450. The summed E-state index contributed by atoms with van der Waals surface area (Å²) < 4.78 is 11.2. The van der Waals surface area contributed by atoms with Crippen LogP contribution in [0.3, 0.4) is 0 Å². The molecule has 2 aromatic carbocycles. The van der Waals surface area contributed by atoms with Crippen LogP contribution in [0.15, 0.2) is 60.0 Å². The van der Waals surface area contributed by atoms with Gasteiger partial charge >= 0.3 is 0 Å². The van der Waals surface area contributed by atoms with Gasteiger partial charge in [0.1, 0.15) is 0 Å². The highest BCUT2D eigenvalue weighted by molar-refractivity contribution is 7.12. The number of benzene rings is 2. The number of rotatable bonds is 9. The molecule has 1 heterocycles. The standard InChI is InChI=1S/C24H26N2O4S/c1-16(2)11-12-30-20-10-9-17(14-21(20)29-3)23(27)25-18-6-4-7-19(15-18)26-24(28)22-8-5-13-31-22/h4-10,13-16H,11-12H2,1-3H3,(H,25,27)(H,26,28). The van der Waals surface area contributed by atoms with Gasteiger partial charge < -0.3 is 20.1 Å². The molecule has 0 aliphatic heterocycles. The predicted molar refractivity (Wildman–Crippen MR) is 125 cm³/mol. The van der Waals surface area contributed by atoms with Crippen molar-refractivity contribution in [2.75, 3.05) is 24.4 Å². The van der Waals surface area contributed by atoms with Crippen LogP contribution < -0.4 is 20.1 Å². The normalized spacial score (nSPS) is 10.6. The third-order valence-corrected chi connectivity index (χ3v) is 5.37. The molecular formula is C24H26N2O4S. The maximum atomic E-state index is 12.7. The van der Waals surface area contributed by atoms with Crippen LogP contribution in [0.4, 0.5) is 11.4 Å². The van der Waals surface area contributed by atoms with E-state index in [1.165, 1.54) is 11.3 Å². The Morgan fingerprint density at radius 3 is 2.32 bits per heavy atom. The number of carbonyl (C=O) groups excluding carboxylic acids is 2. The maximum absolute atomic E-state index is 12.7. The zero-order valence-corrected chi connectivity index (χ0v) is 18.6. The second kappa shape index (κ2) is 10.6. The van der Waals surface area contributed by atoms with Crippen molar-refractivity contribution in [2.45, 2.75) is 20.3 Å². The molecule has 2 amide bonds. The summed E-state index contributed by atoms with van der Waals surface area (Å²) in [6, 6.07) is 15.7. The second-order valence-electron chi connectivity index (χ2n) is 7.36. The molecule has 0 saturated heterocycles.